The van der Waals surface area contributed by atoms with Crippen LogP contribution < -0.4 is 0 Å². The number of para-hydroxylation sites is 2. The van der Waals surface area contributed by atoms with E-state index in [1.165, 1.54) is 4.90 Å². The van der Waals surface area contributed by atoms with Crippen LogP contribution in [-0.4, -0.2) is 32.4 Å². The van der Waals surface area contributed by atoms with Gasteiger partial charge in [-0.3, -0.25) is 14.5 Å². The Morgan fingerprint density at radius 3 is 1.36 bits per heavy atom. The number of aryl methyl sites for hydroxylation is 2. The summed E-state index contributed by atoms with van der Waals surface area (Å²) in [5.41, 5.74) is 7.03. The molecule has 0 N–H and O–H groups in total. The van der Waals surface area contributed by atoms with E-state index in [1.807, 2.05) is 31.2 Å². The van der Waals surface area contributed by atoms with Gasteiger partial charge in [0.05, 0.1) is 11.1 Å². The van der Waals surface area contributed by atoms with Gasteiger partial charge in [0.25, 0.3) is 11.8 Å². The van der Waals surface area contributed by atoms with E-state index in [9.17, 15) is 9.59 Å². The SMILES string of the molecule is CCN1C(=O)C(c2c(C)n(CC)c3ccccc23)=C(c2c(C)n(CC)c3ccccc23)C1=O. The number of rotatable bonds is 5. The number of likely N-dealkylation sites (N-methyl/N-ethyl adjacent to an activating group) is 1. The minimum Gasteiger partial charge on any atom is -0.345 e. The quantitative estimate of drug-likeness (QED) is 0.383. The van der Waals surface area contributed by atoms with Gasteiger partial charge in [-0.15, -0.1) is 0 Å². The molecular formula is C28H29N3O2. The molecule has 2 amide bonds. The zero-order chi connectivity index (χ0) is 23.4. The fourth-order valence-electron chi connectivity index (χ4n) is 5.64. The van der Waals surface area contributed by atoms with Gasteiger partial charge >= 0.3 is 0 Å². The van der Waals surface area contributed by atoms with E-state index in [4.69, 9.17) is 0 Å². The number of fused-ring (bicyclic) bond motifs is 2. The average molecular weight is 440 g/mol. The molecule has 0 radical (unpaired) electrons. The zero-order valence-corrected chi connectivity index (χ0v) is 19.9. The van der Waals surface area contributed by atoms with Gasteiger partial charge in [-0.1, -0.05) is 36.4 Å². The molecule has 2 aromatic heterocycles. The fourth-order valence-corrected chi connectivity index (χ4v) is 5.64. The van der Waals surface area contributed by atoms with Crippen LogP contribution >= 0.6 is 0 Å². The summed E-state index contributed by atoms with van der Waals surface area (Å²) >= 11 is 0. The highest BCUT2D eigenvalue weighted by Gasteiger charge is 2.42. The maximum Gasteiger partial charge on any atom is 0.262 e. The predicted octanol–water partition coefficient (Wildman–Crippen LogP) is 5.55. The van der Waals surface area contributed by atoms with Gasteiger partial charge in [-0.25, -0.2) is 0 Å². The summed E-state index contributed by atoms with van der Waals surface area (Å²) in [6.07, 6.45) is 0. The Balaban J connectivity index is 1.95. The molecule has 0 unspecified atom stereocenters. The molecule has 33 heavy (non-hydrogen) atoms. The Bertz CT molecular complexity index is 1370. The van der Waals surface area contributed by atoms with Gasteiger partial charge in [-0.05, 0) is 46.8 Å². The van der Waals surface area contributed by atoms with E-state index in [-0.39, 0.29) is 11.8 Å². The second-order valence-electron chi connectivity index (χ2n) is 8.55. The predicted molar refractivity (Wildman–Crippen MR) is 134 cm³/mol. The third kappa shape index (κ3) is 2.78. The summed E-state index contributed by atoms with van der Waals surface area (Å²) < 4.78 is 4.45. The summed E-state index contributed by atoms with van der Waals surface area (Å²) in [6.45, 7) is 12.1. The van der Waals surface area contributed by atoms with Gasteiger partial charge in [-0.2, -0.15) is 0 Å². The summed E-state index contributed by atoms with van der Waals surface area (Å²) in [6, 6.07) is 16.3. The molecule has 0 aliphatic carbocycles. The largest absolute Gasteiger partial charge is 0.345 e. The highest BCUT2D eigenvalue weighted by Crippen LogP contribution is 2.44. The van der Waals surface area contributed by atoms with Gasteiger partial charge in [0.2, 0.25) is 0 Å². The van der Waals surface area contributed by atoms with E-state index in [0.29, 0.717) is 17.7 Å². The van der Waals surface area contributed by atoms with E-state index >= 15 is 0 Å². The molecule has 0 saturated heterocycles. The van der Waals surface area contributed by atoms with E-state index in [0.717, 1.165) is 57.4 Å². The smallest absolute Gasteiger partial charge is 0.262 e. The van der Waals surface area contributed by atoms with Crippen molar-refractivity contribution in [2.75, 3.05) is 6.54 Å². The highest BCUT2D eigenvalue weighted by molar-refractivity contribution is 6.51. The molecule has 1 aliphatic heterocycles. The number of imide groups is 1. The van der Waals surface area contributed by atoms with Crippen LogP contribution in [-0.2, 0) is 22.7 Å². The van der Waals surface area contributed by atoms with Gasteiger partial charge in [0.1, 0.15) is 0 Å². The van der Waals surface area contributed by atoms with Crippen LogP contribution in [0.25, 0.3) is 33.0 Å². The molecule has 3 heterocycles. The van der Waals surface area contributed by atoms with Crippen LogP contribution in [0.1, 0.15) is 43.3 Å². The molecule has 5 rings (SSSR count). The van der Waals surface area contributed by atoms with Crippen molar-refractivity contribution < 1.29 is 9.59 Å². The number of aromatic nitrogens is 2. The van der Waals surface area contributed by atoms with Crippen LogP contribution in [0, 0.1) is 13.8 Å². The number of carbonyl (C=O) groups is 2. The second kappa shape index (κ2) is 7.77. The van der Waals surface area contributed by atoms with Crippen molar-refractivity contribution in [1.29, 1.82) is 0 Å². The lowest BCUT2D eigenvalue weighted by Gasteiger charge is -2.12. The molecule has 1 aliphatic rings. The van der Waals surface area contributed by atoms with Crippen molar-refractivity contribution in [1.82, 2.24) is 14.0 Å². The van der Waals surface area contributed by atoms with Crippen molar-refractivity contribution >= 4 is 44.8 Å². The average Bonchev–Trinajstić information content (AvgIpc) is 3.36. The highest BCUT2D eigenvalue weighted by atomic mass is 16.2. The molecule has 0 spiro atoms. The Labute approximate surface area is 193 Å². The van der Waals surface area contributed by atoms with Crippen LogP contribution in [0.4, 0.5) is 0 Å². The third-order valence-corrected chi connectivity index (χ3v) is 7.08. The topological polar surface area (TPSA) is 47.2 Å². The van der Waals surface area contributed by atoms with E-state index in [2.05, 4.69) is 61.1 Å². The van der Waals surface area contributed by atoms with Crippen molar-refractivity contribution in [3.8, 4) is 0 Å². The molecule has 0 saturated carbocycles. The van der Waals surface area contributed by atoms with Crippen molar-refractivity contribution in [3.05, 3.63) is 71.0 Å². The number of benzene rings is 2. The minimum absolute atomic E-state index is 0.202. The maximum absolute atomic E-state index is 13.8. The molecule has 5 heteroatoms. The van der Waals surface area contributed by atoms with Crippen molar-refractivity contribution in [2.45, 2.75) is 47.7 Å². The molecular weight excluding hydrogens is 410 g/mol. The van der Waals surface area contributed by atoms with Crippen LogP contribution in [0.5, 0.6) is 0 Å². The lowest BCUT2D eigenvalue weighted by atomic mass is 9.93. The molecule has 5 nitrogen and oxygen atoms in total. The number of hydrogen-bond acceptors (Lipinski definition) is 2. The van der Waals surface area contributed by atoms with Crippen molar-refractivity contribution in [2.24, 2.45) is 0 Å². The summed E-state index contributed by atoms with van der Waals surface area (Å²) in [4.78, 5) is 28.9. The lowest BCUT2D eigenvalue weighted by Crippen LogP contribution is -2.31. The second-order valence-corrected chi connectivity index (χ2v) is 8.55. The molecule has 0 fully saturated rings. The van der Waals surface area contributed by atoms with Crippen LogP contribution in [0.2, 0.25) is 0 Å². The monoisotopic (exact) mass is 439 g/mol. The standard InChI is InChI=1S/C28H29N3O2/c1-6-29-17(4)23(19-13-9-11-15-21(19)29)25-26(28(33)31(8-3)27(25)32)24-18(5)30(7-2)22-16-12-10-14-20(22)24/h9-16H,6-8H2,1-5H3. The number of carbonyl (C=O) groups excluding carboxylic acids is 2. The molecule has 4 aromatic rings. The first-order valence-corrected chi connectivity index (χ1v) is 11.7. The van der Waals surface area contributed by atoms with Gasteiger partial charge < -0.3 is 9.13 Å². The van der Waals surface area contributed by atoms with Crippen LogP contribution in [0.15, 0.2) is 48.5 Å². The number of nitrogens with zero attached hydrogens (tertiary/aromatic N) is 3. The summed E-state index contributed by atoms with van der Waals surface area (Å²) in [5, 5.41) is 2.03. The van der Waals surface area contributed by atoms with Gasteiger partial charge in [0, 0.05) is 64.0 Å². The van der Waals surface area contributed by atoms with Gasteiger partial charge in [0.15, 0.2) is 0 Å². The van der Waals surface area contributed by atoms with E-state index in [1.54, 1.807) is 0 Å². The van der Waals surface area contributed by atoms with Crippen LogP contribution in [0.3, 0.4) is 0 Å². The first-order valence-electron chi connectivity index (χ1n) is 11.7. The summed E-state index contributed by atoms with van der Waals surface area (Å²) in [7, 11) is 0. The first-order chi connectivity index (χ1) is 16.0. The number of hydrogen-bond donors (Lipinski definition) is 0. The van der Waals surface area contributed by atoms with Crippen molar-refractivity contribution in [3.63, 3.8) is 0 Å². The lowest BCUT2D eigenvalue weighted by molar-refractivity contribution is -0.135. The maximum atomic E-state index is 13.8. The Morgan fingerprint density at radius 1 is 0.606 bits per heavy atom. The molecule has 0 bridgehead atoms. The Morgan fingerprint density at radius 2 is 1.00 bits per heavy atom. The molecule has 2 aromatic carbocycles. The Hall–Kier alpha value is -3.60. The normalized spacial score (nSPS) is 14.5. The van der Waals surface area contributed by atoms with E-state index < -0.39 is 0 Å². The molecule has 168 valence electrons. The summed E-state index contributed by atoms with van der Waals surface area (Å²) in [5.74, 6) is -0.403. The minimum atomic E-state index is -0.202. The number of amides is 2. The zero-order valence-electron chi connectivity index (χ0n) is 19.9. The first kappa shape index (κ1) is 21.3. The fraction of sp³-hybridized carbons (Fsp3) is 0.286. The Kier molecular flexibility index (Phi) is 5.00. The third-order valence-electron chi connectivity index (χ3n) is 7.08. The molecule has 0 atom stereocenters.